The molecule has 1 aromatic heterocycles. The topological polar surface area (TPSA) is 69.0 Å². The quantitative estimate of drug-likeness (QED) is 0.505. The van der Waals surface area contributed by atoms with Gasteiger partial charge in [-0.3, -0.25) is 9.36 Å². The van der Waals surface area contributed by atoms with Crippen molar-refractivity contribution < 1.29 is 13.9 Å². The van der Waals surface area contributed by atoms with Crippen LogP contribution in [0.2, 0.25) is 5.02 Å². The van der Waals surface area contributed by atoms with E-state index in [1.807, 2.05) is 4.57 Å². The minimum atomic E-state index is -0.443. The summed E-state index contributed by atoms with van der Waals surface area (Å²) in [6.45, 7) is 1.79. The molecule has 156 valence electrons. The average molecular weight is 447 g/mol. The summed E-state index contributed by atoms with van der Waals surface area (Å²) in [4.78, 5) is 12.7. The van der Waals surface area contributed by atoms with Crippen LogP contribution in [-0.2, 0) is 4.79 Å². The highest BCUT2D eigenvalue weighted by Crippen LogP contribution is 2.42. The van der Waals surface area contributed by atoms with Crippen molar-refractivity contribution in [1.29, 1.82) is 0 Å². The highest BCUT2D eigenvalue weighted by Gasteiger charge is 2.32. The third-order valence-corrected chi connectivity index (χ3v) is 6.11. The van der Waals surface area contributed by atoms with E-state index in [-0.39, 0.29) is 17.8 Å². The molecule has 0 spiro atoms. The van der Waals surface area contributed by atoms with Gasteiger partial charge in [0.25, 0.3) is 0 Å². The number of carbonyl (C=O) groups is 1. The fraction of sp³-hybridized carbons (Fsp3) is 0.286. The maximum Gasteiger partial charge on any atom is 0.237 e. The van der Waals surface area contributed by atoms with Crippen molar-refractivity contribution >= 4 is 35.0 Å². The third kappa shape index (κ3) is 4.29. The van der Waals surface area contributed by atoms with Crippen molar-refractivity contribution in [3.05, 3.63) is 53.3 Å². The maximum absolute atomic E-state index is 14.3. The van der Waals surface area contributed by atoms with Gasteiger partial charge in [0.05, 0.1) is 22.9 Å². The number of halogens is 2. The number of benzene rings is 2. The van der Waals surface area contributed by atoms with E-state index in [1.54, 1.807) is 43.3 Å². The van der Waals surface area contributed by atoms with E-state index >= 15 is 0 Å². The number of hydrogen-bond donors (Lipinski definition) is 1. The summed E-state index contributed by atoms with van der Waals surface area (Å²) in [5, 5.41) is 11.9. The molecule has 2 aromatic carbocycles. The average Bonchev–Trinajstić information content (AvgIpc) is 3.49. The van der Waals surface area contributed by atoms with Crippen molar-refractivity contribution in [3.8, 4) is 17.1 Å². The molecule has 1 N–H and O–H groups in total. The van der Waals surface area contributed by atoms with Crippen LogP contribution in [0, 0.1) is 5.82 Å². The number of nitrogens with zero attached hydrogens (tertiary/aromatic N) is 3. The van der Waals surface area contributed by atoms with E-state index in [1.165, 1.54) is 24.9 Å². The van der Waals surface area contributed by atoms with Gasteiger partial charge in [0.2, 0.25) is 5.91 Å². The largest absolute Gasteiger partial charge is 0.495 e. The van der Waals surface area contributed by atoms with Gasteiger partial charge in [-0.2, -0.15) is 0 Å². The van der Waals surface area contributed by atoms with Crippen LogP contribution in [0.4, 0.5) is 10.1 Å². The zero-order valence-corrected chi connectivity index (χ0v) is 18.0. The Morgan fingerprint density at radius 3 is 2.73 bits per heavy atom. The van der Waals surface area contributed by atoms with Gasteiger partial charge in [-0.05, 0) is 50.1 Å². The molecule has 9 heteroatoms. The van der Waals surface area contributed by atoms with Gasteiger partial charge >= 0.3 is 0 Å². The van der Waals surface area contributed by atoms with Crippen molar-refractivity contribution in [1.82, 2.24) is 14.8 Å². The van der Waals surface area contributed by atoms with Crippen LogP contribution in [0.25, 0.3) is 11.4 Å². The van der Waals surface area contributed by atoms with Crippen LogP contribution >= 0.6 is 23.4 Å². The highest BCUT2D eigenvalue weighted by atomic mass is 35.5. The normalized spacial score (nSPS) is 14.4. The van der Waals surface area contributed by atoms with E-state index < -0.39 is 5.25 Å². The van der Waals surface area contributed by atoms with Crippen LogP contribution in [0.15, 0.2) is 47.6 Å². The molecular weight excluding hydrogens is 427 g/mol. The highest BCUT2D eigenvalue weighted by molar-refractivity contribution is 8.00. The standard InChI is InChI=1S/C21H20ClFN4O2S/c1-12(20(28)24-13-7-10-18(29-2)16(22)11-13)30-21-26-25-19(27(21)14-8-9-14)15-5-3-4-6-17(15)23/h3-7,10-12,14H,8-9H2,1-2H3,(H,24,28). The fourth-order valence-electron chi connectivity index (χ4n) is 3.05. The molecule has 0 bridgehead atoms. The Kier molecular flexibility index (Phi) is 5.97. The molecule has 30 heavy (non-hydrogen) atoms. The molecular formula is C21H20ClFN4O2S. The van der Waals surface area contributed by atoms with Gasteiger partial charge in [-0.15, -0.1) is 10.2 Å². The van der Waals surface area contributed by atoms with Crippen LogP contribution in [0.5, 0.6) is 5.75 Å². The molecule has 1 atom stereocenters. The number of hydrogen-bond acceptors (Lipinski definition) is 5. The molecule has 0 aliphatic heterocycles. The van der Waals surface area contributed by atoms with Crippen molar-refractivity contribution in [2.75, 3.05) is 12.4 Å². The number of rotatable bonds is 7. The van der Waals surface area contributed by atoms with Gasteiger partial charge in [0.1, 0.15) is 11.6 Å². The van der Waals surface area contributed by atoms with Crippen LogP contribution in [0.3, 0.4) is 0 Å². The van der Waals surface area contributed by atoms with E-state index in [4.69, 9.17) is 16.3 Å². The van der Waals surface area contributed by atoms with E-state index in [0.29, 0.717) is 33.0 Å². The number of aromatic nitrogens is 3. The van der Waals surface area contributed by atoms with Crippen molar-refractivity contribution in [3.63, 3.8) is 0 Å². The second-order valence-corrected chi connectivity index (χ2v) is 8.70. The maximum atomic E-state index is 14.3. The molecule has 1 saturated carbocycles. The number of ether oxygens (including phenoxy) is 1. The van der Waals surface area contributed by atoms with Gasteiger partial charge in [-0.1, -0.05) is 35.5 Å². The first-order valence-electron chi connectivity index (χ1n) is 9.48. The second-order valence-electron chi connectivity index (χ2n) is 6.99. The van der Waals surface area contributed by atoms with Gasteiger partial charge in [0.15, 0.2) is 11.0 Å². The molecule has 3 aromatic rings. The summed E-state index contributed by atoms with van der Waals surface area (Å²) in [7, 11) is 1.53. The first kappa shape index (κ1) is 20.7. The predicted octanol–water partition coefficient (Wildman–Crippen LogP) is 5.20. The van der Waals surface area contributed by atoms with Crippen LogP contribution < -0.4 is 10.1 Å². The molecule has 0 saturated heterocycles. The van der Waals surface area contributed by atoms with E-state index in [0.717, 1.165) is 12.8 Å². The van der Waals surface area contributed by atoms with Gasteiger partial charge in [0, 0.05) is 11.7 Å². The lowest BCUT2D eigenvalue weighted by molar-refractivity contribution is -0.115. The van der Waals surface area contributed by atoms with Gasteiger partial charge in [-0.25, -0.2) is 4.39 Å². The Labute approximate surface area is 182 Å². The summed E-state index contributed by atoms with van der Waals surface area (Å²) in [6, 6.07) is 11.8. The molecule has 6 nitrogen and oxygen atoms in total. The zero-order valence-electron chi connectivity index (χ0n) is 16.4. The lowest BCUT2D eigenvalue weighted by Crippen LogP contribution is -2.23. The SMILES string of the molecule is COc1ccc(NC(=O)C(C)Sc2nnc(-c3ccccc3F)n2C2CC2)cc1Cl. The molecule has 4 rings (SSSR count). The molecule has 1 aliphatic rings. The first-order valence-corrected chi connectivity index (χ1v) is 10.7. The Morgan fingerprint density at radius 2 is 2.07 bits per heavy atom. The van der Waals surface area contributed by atoms with Gasteiger partial charge < -0.3 is 10.1 Å². The molecule has 1 fully saturated rings. The molecule has 1 heterocycles. The number of thioether (sulfide) groups is 1. The van der Waals surface area contributed by atoms with Crippen molar-refractivity contribution in [2.24, 2.45) is 0 Å². The first-order chi connectivity index (χ1) is 14.5. The predicted molar refractivity (Wildman–Crippen MR) is 116 cm³/mol. The molecule has 1 amide bonds. The second kappa shape index (κ2) is 8.65. The summed E-state index contributed by atoms with van der Waals surface area (Å²) in [5.41, 5.74) is 0.989. The lowest BCUT2D eigenvalue weighted by atomic mass is 10.2. The van der Waals surface area contributed by atoms with Crippen LogP contribution in [-0.4, -0.2) is 33.0 Å². The lowest BCUT2D eigenvalue weighted by Gasteiger charge is -2.14. The Morgan fingerprint density at radius 1 is 1.30 bits per heavy atom. The number of carbonyl (C=O) groups excluding carboxylic acids is 1. The smallest absolute Gasteiger partial charge is 0.237 e. The monoisotopic (exact) mass is 446 g/mol. The number of methoxy groups -OCH3 is 1. The Bertz CT molecular complexity index is 1090. The Hall–Kier alpha value is -2.58. The van der Waals surface area contributed by atoms with E-state index in [2.05, 4.69) is 15.5 Å². The zero-order chi connectivity index (χ0) is 21.3. The summed E-state index contributed by atoms with van der Waals surface area (Å²) in [5.74, 6) is 0.493. The summed E-state index contributed by atoms with van der Waals surface area (Å²) < 4.78 is 21.4. The fourth-order valence-corrected chi connectivity index (χ4v) is 4.22. The minimum Gasteiger partial charge on any atom is -0.495 e. The van der Waals surface area contributed by atoms with Crippen LogP contribution in [0.1, 0.15) is 25.8 Å². The number of anilines is 1. The minimum absolute atomic E-state index is 0.195. The third-order valence-electron chi connectivity index (χ3n) is 4.76. The van der Waals surface area contributed by atoms with E-state index in [9.17, 15) is 9.18 Å². The molecule has 1 aliphatic carbocycles. The number of nitrogens with one attached hydrogen (secondary N) is 1. The molecule has 0 radical (unpaired) electrons. The summed E-state index contributed by atoms with van der Waals surface area (Å²) in [6.07, 6.45) is 1.97. The molecule has 1 unspecified atom stereocenters. The Balaban J connectivity index is 1.52. The van der Waals surface area contributed by atoms with Crippen molar-refractivity contribution in [2.45, 2.75) is 36.2 Å². The summed E-state index contributed by atoms with van der Waals surface area (Å²) >= 11 is 7.42. The number of amides is 1.